The summed E-state index contributed by atoms with van der Waals surface area (Å²) in [5.41, 5.74) is 4.99. The Hall–Kier alpha value is -1.36. The second-order valence-corrected chi connectivity index (χ2v) is 4.45. The Kier molecular flexibility index (Phi) is 5.85. The van der Waals surface area contributed by atoms with Gasteiger partial charge in [-0.15, -0.1) is 0 Å². The highest BCUT2D eigenvalue weighted by Crippen LogP contribution is 2.22. The molecule has 0 aliphatic heterocycles. The van der Waals surface area contributed by atoms with Gasteiger partial charge in [-0.2, -0.15) is 0 Å². The molecule has 0 amide bonds. The number of hydrogen-bond donors (Lipinski definition) is 1. The van der Waals surface area contributed by atoms with Gasteiger partial charge in [0.05, 0.1) is 12.3 Å². The van der Waals surface area contributed by atoms with E-state index < -0.39 is 11.6 Å². The summed E-state index contributed by atoms with van der Waals surface area (Å²) < 4.78 is 36.8. The van der Waals surface area contributed by atoms with Gasteiger partial charge in [-0.1, -0.05) is 13.8 Å². The van der Waals surface area contributed by atoms with E-state index in [-0.39, 0.29) is 18.0 Å². The molecule has 2 N–H and O–H groups in total. The molecule has 1 rings (SSSR count). The van der Waals surface area contributed by atoms with Gasteiger partial charge in [-0.25, -0.2) is 8.78 Å². The number of hydrogen-bond acceptors (Lipinski definition) is 3. The minimum absolute atomic E-state index is 0.144. The average Bonchev–Trinajstić information content (AvgIpc) is 2.29. The summed E-state index contributed by atoms with van der Waals surface area (Å²) in [6.07, 6.45) is 0.963. The van der Waals surface area contributed by atoms with E-state index in [0.717, 1.165) is 18.6 Å². The van der Waals surface area contributed by atoms with Crippen LogP contribution in [0.2, 0.25) is 0 Å². The molecule has 1 aromatic rings. The van der Waals surface area contributed by atoms with Crippen LogP contribution in [0.15, 0.2) is 12.1 Å². The number of ether oxygens (including phenoxy) is 2. The predicted octanol–water partition coefficient (Wildman–Crippen LogP) is 2.99. The molecule has 0 bridgehead atoms. The molecule has 5 heteroatoms. The Morgan fingerprint density at radius 2 is 1.83 bits per heavy atom. The fourth-order valence-electron chi connectivity index (χ4n) is 1.29. The van der Waals surface area contributed by atoms with Crippen molar-refractivity contribution in [3.8, 4) is 5.75 Å². The summed E-state index contributed by atoms with van der Waals surface area (Å²) in [7, 11) is 0. The highest BCUT2D eigenvalue weighted by Gasteiger charge is 2.08. The molecule has 102 valence electrons. The van der Waals surface area contributed by atoms with Crippen molar-refractivity contribution in [1.29, 1.82) is 0 Å². The topological polar surface area (TPSA) is 44.5 Å². The molecule has 18 heavy (non-hydrogen) atoms. The van der Waals surface area contributed by atoms with Crippen LogP contribution in [-0.4, -0.2) is 19.8 Å². The third kappa shape index (κ3) is 4.87. The molecule has 1 aromatic carbocycles. The molecule has 0 unspecified atom stereocenters. The second kappa shape index (κ2) is 7.16. The molecule has 0 spiro atoms. The van der Waals surface area contributed by atoms with Crippen molar-refractivity contribution >= 4 is 5.69 Å². The van der Waals surface area contributed by atoms with Crippen LogP contribution in [0.3, 0.4) is 0 Å². The van der Waals surface area contributed by atoms with Crippen molar-refractivity contribution in [3.05, 3.63) is 23.8 Å². The summed E-state index contributed by atoms with van der Waals surface area (Å²) in [4.78, 5) is 0. The van der Waals surface area contributed by atoms with Crippen LogP contribution in [0.1, 0.15) is 20.3 Å². The zero-order valence-corrected chi connectivity index (χ0v) is 10.7. The van der Waals surface area contributed by atoms with Crippen LogP contribution in [0, 0.1) is 17.6 Å². The summed E-state index contributed by atoms with van der Waals surface area (Å²) in [5.74, 6) is -0.924. The lowest BCUT2D eigenvalue weighted by atomic mass is 10.1. The molecule has 0 atom stereocenters. The molecule has 0 aromatic heterocycles. The smallest absolute Gasteiger partial charge is 0.167 e. The first kappa shape index (κ1) is 14.7. The maximum Gasteiger partial charge on any atom is 0.167 e. The zero-order chi connectivity index (χ0) is 13.5. The van der Waals surface area contributed by atoms with Crippen molar-refractivity contribution in [3.63, 3.8) is 0 Å². The van der Waals surface area contributed by atoms with Gasteiger partial charge < -0.3 is 15.2 Å². The maximum absolute atomic E-state index is 13.3. The van der Waals surface area contributed by atoms with Crippen molar-refractivity contribution in [1.82, 2.24) is 0 Å². The largest absolute Gasteiger partial charge is 0.488 e. The van der Waals surface area contributed by atoms with Gasteiger partial charge in [-0.05, 0) is 12.3 Å². The maximum atomic E-state index is 13.3. The Morgan fingerprint density at radius 1 is 1.11 bits per heavy atom. The van der Waals surface area contributed by atoms with Crippen LogP contribution in [0.4, 0.5) is 14.5 Å². The minimum Gasteiger partial charge on any atom is -0.488 e. The van der Waals surface area contributed by atoms with Crippen LogP contribution < -0.4 is 10.5 Å². The monoisotopic (exact) mass is 259 g/mol. The van der Waals surface area contributed by atoms with Crippen molar-refractivity contribution in [2.75, 3.05) is 25.6 Å². The van der Waals surface area contributed by atoms with E-state index in [2.05, 4.69) is 13.8 Å². The van der Waals surface area contributed by atoms with Gasteiger partial charge in [0.1, 0.15) is 12.4 Å². The fraction of sp³-hybridized carbons (Fsp3) is 0.538. The molecular weight excluding hydrogens is 240 g/mol. The number of nitrogen functional groups attached to an aromatic ring is 1. The standard InChI is InChI=1S/C13H19F2NO2/c1-9(2)3-4-17-5-6-18-13-8-10(14)12(16)7-11(13)15/h7-9H,3-6,16H2,1-2H3. The summed E-state index contributed by atoms with van der Waals surface area (Å²) in [5, 5.41) is 0. The van der Waals surface area contributed by atoms with Crippen molar-refractivity contribution < 1.29 is 18.3 Å². The third-order valence-electron chi connectivity index (χ3n) is 2.38. The predicted molar refractivity (Wildman–Crippen MR) is 66.5 cm³/mol. The van der Waals surface area contributed by atoms with Crippen molar-refractivity contribution in [2.45, 2.75) is 20.3 Å². The fourth-order valence-corrected chi connectivity index (χ4v) is 1.29. The van der Waals surface area contributed by atoms with Gasteiger partial charge in [0.2, 0.25) is 0 Å². The van der Waals surface area contributed by atoms with E-state index in [1.165, 1.54) is 0 Å². The van der Waals surface area contributed by atoms with Gasteiger partial charge in [0, 0.05) is 18.7 Å². The quantitative estimate of drug-likeness (QED) is 0.604. The van der Waals surface area contributed by atoms with Gasteiger partial charge in [0.25, 0.3) is 0 Å². The number of halogens is 2. The van der Waals surface area contributed by atoms with Gasteiger partial charge >= 0.3 is 0 Å². The average molecular weight is 259 g/mol. The lowest BCUT2D eigenvalue weighted by Crippen LogP contribution is -2.09. The first-order chi connectivity index (χ1) is 8.50. The summed E-state index contributed by atoms with van der Waals surface area (Å²) in [6, 6.07) is 1.85. The Bertz CT molecular complexity index is 383. The molecule has 0 saturated heterocycles. The molecule has 0 fully saturated rings. The number of rotatable bonds is 7. The first-order valence-electron chi connectivity index (χ1n) is 5.95. The normalized spacial score (nSPS) is 10.9. The highest BCUT2D eigenvalue weighted by molar-refractivity contribution is 5.44. The Labute approximate surface area is 106 Å². The first-order valence-corrected chi connectivity index (χ1v) is 5.95. The van der Waals surface area contributed by atoms with Gasteiger partial charge in [-0.3, -0.25) is 0 Å². The Morgan fingerprint density at radius 3 is 2.50 bits per heavy atom. The molecule has 0 aliphatic carbocycles. The third-order valence-corrected chi connectivity index (χ3v) is 2.38. The molecule has 0 radical (unpaired) electrons. The summed E-state index contributed by atoms with van der Waals surface area (Å²) >= 11 is 0. The minimum atomic E-state index is -0.688. The molecule has 0 saturated carbocycles. The molecular formula is C13H19F2NO2. The SMILES string of the molecule is CC(C)CCOCCOc1cc(F)c(N)cc1F. The number of benzene rings is 1. The van der Waals surface area contributed by atoms with E-state index >= 15 is 0 Å². The van der Waals surface area contributed by atoms with Crippen LogP contribution >= 0.6 is 0 Å². The van der Waals surface area contributed by atoms with Crippen LogP contribution in [0.5, 0.6) is 5.75 Å². The van der Waals surface area contributed by atoms with E-state index in [1.807, 2.05) is 0 Å². The van der Waals surface area contributed by atoms with Crippen LogP contribution in [-0.2, 0) is 4.74 Å². The van der Waals surface area contributed by atoms with E-state index in [0.29, 0.717) is 19.1 Å². The van der Waals surface area contributed by atoms with E-state index in [4.69, 9.17) is 15.2 Å². The molecule has 0 aliphatic rings. The highest BCUT2D eigenvalue weighted by atomic mass is 19.1. The lowest BCUT2D eigenvalue weighted by Gasteiger charge is -2.09. The van der Waals surface area contributed by atoms with E-state index in [1.54, 1.807) is 0 Å². The molecule has 3 nitrogen and oxygen atoms in total. The number of nitrogens with two attached hydrogens (primary N) is 1. The van der Waals surface area contributed by atoms with Crippen molar-refractivity contribution in [2.24, 2.45) is 5.92 Å². The summed E-state index contributed by atoms with van der Waals surface area (Å²) in [6.45, 7) is 5.37. The number of anilines is 1. The Balaban J connectivity index is 2.29. The van der Waals surface area contributed by atoms with Gasteiger partial charge in [0.15, 0.2) is 11.6 Å². The second-order valence-electron chi connectivity index (χ2n) is 4.45. The zero-order valence-electron chi connectivity index (χ0n) is 10.7. The van der Waals surface area contributed by atoms with E-state index in [9.17, 15) is 8.78 Å². The van der Waals surface area contributed by atoms with Crippen LogP contribution in [0.25, 0.3) is 0 Å². The molecule has 0 heterocycles. The lowest BCUT2D eigenvalue weighted by molar-refractivity contribution is 0.0912.